The average Bonchev–Trinajstić information content (AvgIpc) is 2.64. The van der Waals surface area contributed by atoms with E-state index in [4.69, 9.17) is 9.47 Å². The predicted octanol–water partition coefficient (Wildman–Crippen LogP) is 6.22. The molecule has 0 amide bonds. The van der Waals surface area contributed by atoms with E-state index in [0.29, 0.717) is 5.92 Å². The molecule has 1 saturated carbocycles. The predicted molar refractivity (Wildman–Crippen MR) is 99.1 cm³/mol. The minimum Gasteiger partial charge on any atom is -0.348 e. The van der Waals surface area contributed by atoms with Crippen LogP contribution in [0.1, 0.15) is 88.5 Å². The van der Waals surface area contributed by atoms with Crippen molar-refractivity contribution in [3.05, 3.63) is 35.4 Å². The zero-order chi connectivity index (χ0) is 16.8. The van der Waals surface area contributed by atoms with Gasteiger partial charge in [0, 0.05) is 11.5 Å². The molecule has 0 bridgehead atoms. The Morgan fingerprint density at radius 1 is 0.750 bits per heavy atom. The van der Waals surface area contributed by atoms with Gasteiger partial charge in [-0.15, -0.1) is 0 Å². The molecule has 0 N–H and O–H groups in total. The molecule has 24 heavy (non-hydrogen) atoms. The quantitative estimate of drug-likeness (QED) is 0.616. The fraction of sp³-hybridized carbons (Fsp3) is 0.727. The molecule has 1 saturated heterocycles. The largest absolute Gasteiger partial charge is 0.348 e. The van der Waals surface area contributed by atoms with Crippen LogP contribution < -0.4 is 0 Å². The molecule has 0 spiro atoms. The molecule has 0 aromatic heterocycles. The van der Waals surface area contributed by atoms with Gasteiger partial charge in [0.25, 0.3) is 0 Å². The number of rotatable bonds is 6. The topological polar surface area (TPSA) is 18.5 Å². The first-order chi connectivity index (χ1) is 11.8. The van der Waals surface area contributed by atoms with Crippen molar-refractivity contribution in [2.24, 2.45) is 11.8 Å². The summed E-state index contributed by atoms with van der Waals surface area (Å²) < 4.78 is 11.9. The van der Waals surface area contributed by atoms with Crippen molar-refractivity contribution >= 4 is 0 Å². The zero-order valence-electron chi connectivity index (χ0n) is 15.5. The number of hydrogen-bond acceptors (Lipinski definition) is 2. The third-order valence-electron chi connectivity index (χ3n) is 5.89. The Kier molecular flexibility index (Phi) is 6.74. The van der Waals surface area contributed by atoms with Crippen molar-refractivity contribution in [1.29, 1.82) is 0 Å². The highest BCUT2D eigenvalue weighted by Gasteiger charge is 2.24. The smallest absolute Gasteiger partial charge is 0.183 e. The molecule has 1 heterocycles. The van der Waals surface area contributed by atoms with Crippen molar-refractivity contribution in [1.82, 2.24) is 0 Å². The first kappa shape index (κ1) is 17.9. The Labute approximate surface area is 147 Å². The van der Waals surface area contributed by atoms with Gasteiger partial charge in [-0.1, -0.05) is 57.4 Å². The van der Waals surface area contributed by atoms with Gasteiger partial charge >= 0.3 is 0 Å². The Morgan fingerprint density at radius 3 is 1.88 bits per heavy atom. The molecule has 2 aliphatic rings. The molecule has 1 aromatic carbocycles. The third kappa shape index (κ3) is 4.61. The lowest BCUT2D eigenvalue weighted by atomic mass is 9.77. The minimum absolute atomic E-state index is 0.160. The summed E-state index contributed by atoms with van der Waals surface area (Å²) in [5, 5.41) is 0. The molecule has 134 valence electrons. The van der Waals surface area contributed by atoms with Gasteiger partial charge in [0.15, 0.2) is 6.29 Å². The Bertz CT molecular complexity index is 420. The fourth-order valence-corrected chi connectivity index (χ4v) is 4.43. The van der Waals surface area contributed by atoms with Crippen LogP contribution in [0, 0.1) is 11.8 Å². The zero-order valence-corrected chi connectivity index (χ0v) is 15.5. The highest BCUT2D eigenvalue weighted by atomic mass is 16.7. The van der Waals surface area contributed by atoms with Gasteiger partial charge < -0.3 is 9.47 Å². The van der Waals surface area contributed by atoms with E-state index in [1.807, 2.05) is 0 Å². The lowest BCUT2D eigenvalue weighted by Crippen LogP contribution is -2.27. The second kappa shape index (κ2) is 9.01. The minimum atomic E-state index is -0.160. The second-order valence-corrected chi connectivity index (χ2v) is 7.83. The summed E-state index contributed by atoms with van der Waals surface area (Å²) >= 11 is 0. The molecule has 0 radical (unpaired) electrons. The maximum atomic E-state index is 5.93. The molecule has 1 aliphatic carbocycles. The molecule has 2 nitrogen and oxygen atoms in total. The number of hydrogen-bond donors (Lipinski definition) is 0. The first-order valence-electron chi connectivity index (χ1n) is 10.1. The van der Waals surface area contributed by atoms with Crippen LogP contribution in [0.25, 0.3) is 0 Å². The lowest BCUT2D eigenvalue weighted by Gasteiger charge is -2.30. The van der Waals surface area contributed by atoms with Gasteiger partial charge in [0.1, 0.15) is 0 Å². The van der Waals surface area contributed by atoms with Crippen LogP contribution in [0.4, 0.5) is 0 Å². The molecular weight excluding hydrogens is 296 g/mol. The van der Waals surface area contributed by atoms with Gasteiger partial charge in [-0.05, 0) is 49.5 Å². The van der Waals surface area contributed by atoms with E-state index in [0.717, 1.165) is 25.0 Å². The maximum absolute atomic E-state index is 5.93. The van der Waals surface area contributed by atoms with Crippen molar-refractivity contribution in [3.63, 3.8) is 0 Å². The number of ether oxygens (including phenoxy) is 2. The highest BCUT2D eigenvalue weighted by Crippen LogP contribution is 2.38. The van der Waals surface area contributed by atoms with Gasteiger partial charge in [-0.25, -0.2) is 0 Å². The standard InChI is InChI=1S/C22H34O2/c1-3-5-17-7-9-19(10-8-17)20-11-13-21(14-12-20)22-23-15-18(6-4-2)16-24-22/h11-14,17-19,22H,3-10,15-16H2,1-2H3/t17-,18?,19-,22?. The van der Waals surface area contributed by atoms with Crippen molar-refractivity contribution in [3.8, 4) is 0 Å². The Hall–Kier alpha value is -0.860. The summed E-state index contributed by atoms with van der Waals surface area (Å²) in [6.07, 6.45) is 10.5. The van der Waals surface area contributed by atoms with E-state index in [1.165, 1.54) is 62.5 Å². The van der Waals surface area contributed by atoms with Crippen molar-refractivity contribution in [2.45, 2.75) is 77.4 Å². The fourth-order valence-electron chi connectivity index (χ4n) is 4.43. The second-order valence-electron chi connectivity index (χ2n) is 7.83. The highest BCUT2D eigenvalue weighted by molar-refractivity contribution is 5.26. The molecule has 3 rings (SSSR count). The van der Waals surface area contributed by atoms with Gasteiger partial charge in [0.05, 0.1) is 13.2 Å². The van der Waals surface area contributed by atoms with Crippen LogP contribution in [-0.2, 0) is 9.47 Å². The van der Waals surface area contributed by atoms with Crippen molar-refractivity contribution < 1.29 is 9.47 Å². The normalized spacial score (nSPS) is 31.1. The van der Waals surface area contributed by atoms with Crippen molar-refractivity contribution in [2.75, 3.05) is 13.2 Å². The summed E-state index contributed by atoms with van der Waals surface area (Å²) in [4.78, 5) is 0. The SMILES string of the molecule is CCCC1COC(c2ccc([C@H]3CC[C@H](CCC)CC3)cc2)OC1. The Morgan fingerprint density at radius 2 is 1.29 bits per heavy atom. The summed E-state index contributed by atoms with van der Waals surface area (Å²) in [5.74, 6) is 2.31. The lowest BCUT2D eigenvalue weighted by molar-refractivity contribution is -0.206. The van der Waals surface area contributed by atoms with E-state index in [9.17, 15) is 0 Å². The summed E-state index contributed by atoms with van der Waals surface area (Å²) in [7, 11) is 0. The van der Waals surface area contributed by atoms with Gasteiger partial charge in [-0.2, -0.15) is 0 Å². The van der Waals surface area contributed by atoms with E-state index in [-0.39, 0.29) is 6.29 Å². The number of benzene rings is 1. The molecule has 1 aliphatic heterocycles. The van der Waals surface area contributed by atoms with E-state index < -0.39 is 0 Å². The van der Waals surface area contributed by atoms with Crippen LogP contribution >= 0.6 is 0 Å². The van der Waals surface area contributed by atoms with E-state index >= 15 is 0 Å². The molecule has 1 aromatic rings. The van der Waals surface area contributed by atoms with E-state index in [1.54, 1.807) is 0 Å². The average molecular weight is 331 g/mol. The first-order valence-corrected chi connectivity index (χ1v) is 10.1. The van der Waals surface area contributed by atoms with Crippen LogP contribution in [0.5, 0.6) is 0 Å². The summed E-state index contributed by atoms with van der Waals surface area (Å²) in [6, 6.07) is 9.06. The summed E-state index contributed by atoms with van der Waals surface area (Å²) in [6.45, 7) is 6.20. The molecule has 2 fully saturated rings. The van der Waals surface area contributed by atoms with Gasteiger partial charge in [0.2, 0.25) is 0 Å². The molecule has 2 heteroatoms. The van der Waals surface area contributed by atoms with Crippen LogP contribution in [0.3, 0.4) is 0 Å². The molecule has 0 atom stereocenters. The van der Waals surface area contributed by atoms with Crippen LogP contribution in [-0.4, -0.2) is 13.2 Å². The third-order valence-corrected chi connectivity index (χ3v) is 5.89. The van der Waals surface area contributed by atoms with Crippen LogP contribution in [0.2, 0.25) is 0 Å². The maximum Gasteiger partial charge on any atom is 0.183 e. The van der Waals surface area contributed by atoms with Crippen LogP contribution in [0.15, 0.2) is 24.3 Å². The monoisotopic (exact) mass is 330 g/mol. The summed E-state index contributed by atoms with van der Waals surface area (Å²) in [5.41, 5.74) is 2.68. The molecule has 0 unspecified atom stereocenters. The Balaban J connectivity index is 1.51. The van der Waals surface area contributed by atoms with E-state index in [2.05, 4.69) is 38.1 Å². The molecular formula is C22H34O2. The van der Waals surface area contributed by atoms with Gasteiger partial charge in [-0.3, -0.25) is 0 Å².